The zero-order valence-corrected chi connectivity index (χ0v) is 82.9. The molecule has 0 bridgehead atoms. The topological polar surface area (TPSA) is 133 Å². The quantitative estimate of drug-likeness (QED) is 0.0187. The molecule has 16 aromatic rings. The third kappa shape index (κ3) is 34.7. The van der Waals surface area contributed by atoms with Gasteiger partial charge in [0.1, 0.15) is 0 Å². The van der Waals surface area contributed by atoms with Crippen LogP contribution in [0.3, 0.4) is 0 Å². The first-order valence-electron chi connectivity index (χ1n) is 35.9. The number of nitro benzene ring substituents is 1. The van der Waals surface area contributed by atoms with Crippen molar-refractivity contribution in [2.24, 2.45) is 0 Å². The Bertz CT molecular complexity index is 4500. The van der Waals surface area contributed by atoms with Crippen LogP contribution in [0.15, 0.2) is 470 Å². The molecule has 0 spiro atoms. The minimum Gasteiger partial charge on any atom is -1.00 e. The molecule has 8 nitrogen and oxygen atoms in total. The summed E-state index contributed by atoms with van der Waals surface area (Å²) in [6, 6.07) is 160. The van der Waals surface area contributed by atoms with Crippen LogP contribution in [0.4, 0.5) is 5.69 Å². The van der Waals surface area contributed by atoms with Crippen molar-refractivity contribution in [1.82, 2.24) is 0 Å². The molecule has 20 heteroatoms. The maximum atomic E-state index is 10.2. The smallest absolute Gasteiger partial charge is 1.00 e. The number of nitrogens with zero attached hydrogens (tertiary/aromatic N) is 1. The molecule has 0 fully saturated rings. The van der Waals surface area contributed by atoms with Gasteiger partial charge in [-0.1, -0.05) is 450 Å². The minimum absolute atomic E-state index is 0. The van der Waals surface area contributed by atoms with Crippen molar-refractivity contribution in [1.29, 1.82) is 0 Å². The Morgan fingerprint density at radius 2 is 0.487 bits per heavy atom. The maximum absolute atomic E-state index is 10.2. The number of nitro groups is 1. The van der Waals surface area contributed by atoms with E-state index in [0.717, 1.165) is 8.95 Å². The van der Waals surface area contributed by atoms with E-state index in [1.165, 1.54) is 84.4 Å². The zero-order valence-electron chi connectivity index (χ0n) is 65.0. The van der Waals surface area contributed by atoms with E-state index in [2.05, 4.69) is 472 Å². The van der Waals surface area contributed by atoms with Crippen molar-refractivity contribution in [2.75, 3.05) is 0 Å². The molecule has 0 atom stereocenters. The van der Waals surface area contributed by atoms with Gasteiger partial charge in [-0.25, -0.2) is 0 Å². The largest absolute Gasteiger partial charge is 1.00 e. The van der Waals surface area contributed by atoms with Gasteiger partial charge in [0.2, 0.25) is 0 Å². The zero-order chi connectivity index (χ0) is 80.2. The predicted octanol–water partition coefficient (Wildman–Crippen LogP) is 13.4. The van der Waals surface area contributed by atoms with Crippen LogP contribution in [-0.4, -0.2) is 28.6 Å². The van der Waals surface area contributed by atoms with E-state index in [4.69, 9.17) is 20.1 Å². The second kappa shape index (κ2) is 58.4. The van der Waals surface area contributed by atoms with Crippen molar-refractivity contribution in [3.8, 4) is 11.1 Å². The van der Waals surface area contributed by atoms with Crippen LogP contribution in [0.25, 0.3) is 11.1 Å². The van der Waals surface area contributed by atoms with Crippen molar-refractivity contribution in [3.63, 3.8) is 0 Å². The summed E-state index contributed by atoms with van der Waals surface area (Å²) in [5, 5.41) is 52.7. The summed E-state index contributed by atoms with van der Waals surface area (Å²) < 4.78 is 4.00. The van der Waals surface area contributed by atoms with Gasteiger partial charge in [-0.05, 0) is 194 Å². The number of hydrogen-bond acceptors (Lipinski definition) is 7. The fraction of sp³-hybridized carbons (Fsp3) is 0. The first kappa shape index (κ1) is 100. The summed E-state index contributed by atoms with van der Waals surface area (Å²) in [5.41, 5.74) is 3.23. The summed E-state index contributed by atoms with van der Waals surface area (Å²) in [6.07, 6.45) is 0. The van der Waals surface area contributed by atoms with Gasteiger partial charge in [0.05, 0.1) is 8.49 Å². The van der Waals surface area contributed by atoms with Gasteiger partial charge in [-0.15, -0.1) is 0 Å². The van der Waals surface area contributed by atoms with E-state index in [-0.39, 0.29) is 142 Å². The SMILES string of the molecule is Brc1ccc(-c2ccccc2I)cc1.O=CO[O-].O=[N+]([O-])c1ccccc1I.OB(O)c1ccc(Br)cc1.[H-].[K+].[K+].[Pd].c1ccc(P(c2ccccc2)c2ccccc2)cc1.c1ccc(P(c2ccccc2)c2ccccc2)cc1.c1ccc(P(c2ccccc2)c2ccccc2)cc1.c1ccc(P(c2ccccc2)c2ccccc2)cc1. The van der Waals surface area contributed by atoms with E-state index < -0.39 is 38.8 Å². The summed E-state index contributed by atoms with van der Waals surface area (Å²) >= 11 is 11.0. The fourth-order valence-corrected chi connectivity index (χ4v) is 22.3. The van der Waals surface area contributed by atoms with Crippen molar-refractivity contribution in [3.05, 3.63) is 487 Å². The van der Waals surface area contributed by atoms with E-state index in [1.54, 1.807) is 42.5 Å². The standard InChI is InChI=1S/4C18H15P.C12H8BrI.C6H6BBrO2.C6H4INO2.CH2O3.2K.Pd.H/c4*1-4-10-16(11-5-1)19(17-12-6-2-7-13-17)18-14-8-3-9-15-18;13-10-7-5-9(6-8-10)11-3-1-2-4-12(11)14;8-6-3-1-5(2-4-6)7(9)10;7-5-3-1-2-4-6(5)8(9)10;2-1-4-3;;;;/h4*1-15H;1-8H;1-4,9-10H;1-4H;1,3H;;;;/q;;;;;;;;2*+1;;-1/p-1. The number of para-hydroxylation sites is 1. The van der Waals surface area contributed by atoms with Gasteiger partial charge in [0, 0.05) is 39.0 Å². The van der Waals surface area contributed by atoms with Gasteiger partial charge in [0.15, 0.2) is 0 Å². The maximum Gasteiger partial charge on any atom is 1.00 e. The third-order valence-electron chi connectivity index (χ3n) is 16.5. The van der Waals surface area contributed by atoms with E-state index >= 15 is 0 Å². The normalized spacial score (nSPS) is 9.87. The Kier molecular flexibility index (Phi) is 50.0. The molecule has 578 valence electrons. The molecule has 117 heavy (non-hydrogen) atoms. The van der Waals surface area contributed by atoms with Gasteiger partial charge in [-0.3, -0.25) is 14.9 Å². The van der Waals surface area contributed by atoms with Crippen molar-refractivity contribution < 1.29 is 155 Å². The Labute approximate surface area is 837 Å². The fourth-order valence-electron chi connectivity index (χ4n) is 11.3. The average molecular weight is 2100 g/mol. The van der Waals surface area contributed by atoms with E-state index in [0.29, 0.717) is 9.03 Å². The van der Waals surface area contributed by atoms with Crippen LogP contribution < -0.4 is 177 Å². The Balaban J connectivity index is 0.000000245. The summed E-state index contributed by atoms with van der Waals surface area (Å²) in [4.78, 5) is 21.1. The first-order chi connectivity index (χ1) is 55.9. The Morgan fingerprint density at radius 1 is 0.308 bits per heavy atom. The Morgan fingerprint density at radius 3 is 0.658 bits per heavy atom. The third-order valence-corrected chi connectivity index (χ3v) is 29.1. The molecule has 0 unspecified atom stereocenters. The molecule has 0 aromatic heterocycles. The molecule has 16 aromatic carbocycles. The van der Waals surface area contributed by atoms with E-state index in [9.17, 15) is 10.1 Å². The molecule has 0 amide bonds. The first-order valence-corrected chi connectivity index (χ1v) is 45.1. The van der Waals surface area contributed by atoms with Crippen LogP contribution >= 0.6 is 109 Å². The molecule has 0 aliphatic rings. The molecule has 0 aliphatic heterocycles. The van der Waals surface area contributed by atoms with E-state index in [1.807, 2.05) is 22.6 Å². The van der Waals surface area contributed by atoms with Crippen molar-refractivity contribution >= 4 is 197 Å². The van der Waals surface area contributed by atoms with Crippen LogP contribution in [0.1, 0.15) is 1.43 Å². The molecule has 0 heterocycles. The van der Waals surface area contributed by atoms with Gasteiger partial charge in [-0.2, -0.15) is 0 Å². The summed E-state index contributed by atoms with van der Waals surface area (Å²) in [5.74, 6) is 0. The van der Waals surface area contributed by atoms with Gasteiger partial charge >= 0.3 is 110 Å². The summed E-state index contributed by atoms with van der Waals surface area (Å²) in [6.45, 7) is -0.181. The van der Waals surface area contributed by atoms with Crippen LogP contribution in [0, 0.1) is 17.3 Å². The number of carbonyl (C=O) groups excluding carboxylic acids is 1. The summed E-state index contributed by atoms with van der Waals surface area (Å²) in [7, 11) is -3.15. The molecular formula is C97H80BBr2I2K2NO7P4Pd. The minimum atomic E-state index is -1.37. The predicted molar refractivity (Wildman–Crippen MR) is 511 cm³/mol. The van der Waals surface area contributed by atoms with Crippen LogP contribution in [0.5, 0.6) is 0 Å². The second-order valence-electron chi connectivity index (χ2n) is 24.2. The van der Waals surface area contributed by atoms with Crippen LogP contribution in [-0.2, 0) is 30.1 Å². The molecule has 16 rings (SSSR count). The van der Waals surface area contributed by atoms with Gasteiger partial charge in [0.25, 0.3) is 12.2 Å². The molecule has 0 saturated heterocycles. The molecule has 2 N–H and O–H groups in total. The number of carbonyl (C=O) groups is 1. The Hall–Kier alpha value is -5.59. The number of hydrogen-bond donors (Lipinski definition) is 2. The molecular weight excluding hydrogens is 2020 g/mol. The average Bonchev–Trinajstić information content (AvgIpc) is 0.837. The molecule has 0 radical (unpaired) electrons. The monoisotopic (exact) mass is 2100 g/mol. The number of rotatable bonds is 16. The molecule has 0 saturated carbocycles. The van der Waals surface area contributed by atoms with Crippen molar-refractivity contribution in [2.45, 2.75) is 0 Å². The molecule has 0 aliphatic carbocycles. The second-order valence-corrected chi connectivity index (χ2v) is 37.2. The van der Waals surface area contributed by atoms with Crippen LogP contribution in [0.2, 0.25) is 0 Å². The van der Waals surface area contributed by atoms with Gasteiger partial charge < -0.3 is 21.6 Å². The number of halogens is 4. The number of benzene rings is 16.